The standard InChI is InChI=1S/C18H27N3O5S2.ClH/c1-28(23,24)21-7-9-25-14(12-21)11-20-17(22)15-10-13-2-8-26-18(16(13)27-15)3-5-19-6-4-18;/h10,14,19H,2-9,11-12H2,1H3,(H,20,22);1H. The van der Waals surface area contributed by atoms with Gasteiger partial charge >= 0.3 is 0 Å². The Kier molecular flexibility index (Phi) is 7.25. The number of thiophene rings is 1. The number of hydrogen-bond donors (Lipinski definition) is 2. The molecular formula is C18H28ClN3O5S2. The first kappa shape index (κ1) is 22.9. The summed E-state index contributed by atoms with van der Waals surface area (Å²) in [7, 11) is -3.24. The number of amides is 1. The van der Waals surface area contributed by atoms with Crippen molar-refractivity contribution in [3.05, 3.63) is 21.4 Å². The Hall–Kier alpha value is -0.750. The maximum Gasteiger partial charge on any atom is 0.261 e. The van der Waals surface area contributed by atoms with Crippen LogP contribution in [0.3, 0.4) is 0 Å². The predicted octanol–water partition coefficient (Wildman–Crippen LogP) is 0.712. The van der Waals surface area contributed by atoms with Gasteiger partial charge < -0.3 is 20.1 Å². The van der Waals surface area contributed by atoms with Crippen molar-refractivity contribution in [3.63, 3.8) is 0 Å². The van der Waals surface area contributed by atoms with Crippen LogP contribution in [0, 0.1) is 0 Å². The summed E-state index contributed by atoms with van der Waals surface area (Å²) < 4.78 is 36.6. The van der Waals surface area contributed by atoms with Gasteiger partial charge in [0.15, 0.2) is 0 Å². The number of halogens is 1. The smallest absolute Gasteiger partial charge is 0.261 e. The molecule has 1 aromatic rings. The van der Waals surface area contributed by atoms with Gasteiger partial charge in [-0.05, 0) is 44.0 Å². The first-order valence-electron chi connectivity index (χ1n) is 9.70. The molecule has 1 atom stereocenters. The average molecular weight is 466 g/mol. The zero-order chi connectivity index (χ0) is 19.8. The first-order valence-corrected chi connectivity index (χ1v) is 12.4. The number of carbonyl (C=O) groups is 1. The third kappa shape index (κ3) is 4.95. The first-order chi connectivity index (χ1) is 13.4. The number of ether oxygens (including phenoxy) is 2. The highest BCUT2D eigenvalue weighted by atomic mass is 35.5. The van der Waals surface area contributed by atoms with Crippen LogP contribution in [0.1, 0.15) is 33.0 Å². The van der Waals surface area contributed by atoms with Crippen molar-refractivity contribution in [1.29, 1.82) is 0 Å². The molecular weight excluding hydrogens is 438 g/mol. The molecule has 0 radical (unpaired) electrons. The SMILES string of the molecule is CS(=O)(=O)N1CCOC(CNC(=O)c2cc3c(s2)C2(CCNCC2)OCC3)C1.Cl. The van der Waals surface area contributed by atoms with E-state index in [4.69, 9.17) is 9.47 Å². The number of nitrogens with zero attached hydrogens (tertiary/aromatic N) is 1. The van der Waals surface area contributed by atoms with E-state index in [1.165, 1.54) is 32.3 Å². The molecule has 3 aliphatic rings. The van der Waals surface area contributed by atoms with E-state index in [1.807, 2.05) is 6.07 Å². The summed E-state index contributed by atoms with van der Waals surface area (Å²) in [5.74, 6) is -0.136. The molecule has 1 amide bonds. The quantitative estimate of drug-likeness (QED) is 0.679. The number of nitrogens with one attached hydrogen (secondary N) is 2. The van der Waals surface area contributed by atoms with Crippen molar-refractivity contribution in [2.75, 3.05) is 52.2 Å². The molecule has 1 aromatic heterocycles. The molecule has 2 N–H and O–H groups in total. The maximum absolute atomic E-state index is 12.7. The lowest BCUT2D eigenvalue weighted by molar-refractivity contribution is -0.0771. The number of carbonyl (C=O) groups excluding carboxylic acids is 1. The molecule has 1 unspecified atom stereocenters. The van der Waals surface area contributed by atoms with E-state index >= 15 is 0 Å². The van der Waals surface area contributed by atoms with Gasteiger partial charge in [-0.2, -0.15) is 4.31 Å². The molecule has 4 heterocycles. The van der Waals surface area contributed by atoms with Crippen molar-refractivity contribution in [2.24, 2.45) is 0 Å². The molecule has 8 nitrogen and oxygen atoms in total. The molecule has 164 valence electrons. The van der Waals surface area contributed by atoms with Crippen molar-refractivity contribution in [2.45, 2.75) is 31.0 Å². The summed E-state index contributed by atoms with van der Waals surface area (Å²) in [5, 5.41) is 6.29. The zero-order valence-corrected chi connectivity index (χ0v) is 18.9. The van der Waals surface area contributed by atoms with Crippen molar-refractivity contribution >= 4 is 39.7 Å². The fraction of sp³-hybridized carbons (Fsp3) is 0.722. The molecule has 0 aliphatic carbocycles. The Balaban J connectivity index is 0.00000240. The van der Waals surface area contributed by atoms with Crippen LogP contribution in [0.4, 0.5) is 0 Å². The van der Waals surface area contributed by atoms with Crippen LogP contribution in [0.15, 0.2) is 6.07 Å². The maximum atomic E-state index is 12.7. The lowest BCUT2D eigenvalue weighted by Gasteiger charge is -2.40. The molecule has 0 bridgehead atoms. The van der Waals surface area contributed by atoms with Crippen molar-refractivity contribution in [3.8, 4) is 0 Å². The van der Waals surface area contributed by atoms with E-state index in [-0.39, 0.29) is 36.6 Å². The normalized spacial score (nSPS) is 24.5. The van der Waals surface area contributed by atoms with Gasteiger partial charge in [0.05, 0.1) is 30.5 Å². The van der Waals surface area contributed by atoms with Crippen LogP contribution in [-0.2, 0) is 31.5 Å². The second kappa shape index (κ2) is 9.17. The summed E-state index contributed by atoms with van der Waals surface area (Å²) in [6.07, 6.45) is 3.56. The predicted molar refractivity (Wildman–Crippen MR) is 113 cm³/mol. The van der Waals surface area contributed by atoms with Crippen LogP contribution in [0.5, 0.6) is 0 Å². The lowest BCUT2D eigenvalue weighted by atomic mass is 9.86. The van der Waals surface area contributed by atoms with Gasteiger partial charge in [0.2, 0.25) is 10.0 Å². The molecule has 4 rings (SSSR count). The summed E-state index contributed by atoms with van der Waals surface area (Å²) >= 11 is 1.53. The molecule has 11 heteroatoms. The summed E-state index contributed by atoms with van der Waals surface area (Å²) in [6.45, 7) is 3.81. The highest BCUT2D eigenvalue weighted by molar-refractivity contribution is 7.88. The van der Waals surface area contributed by atoms with E-state index < -0.39 is 10.0 Å². The second-order valence-corrected chi connectivity index (χ2v) is 10.7. The highest BCUT2D eigenvalue weighted by Crippen LogP contribution is 2.44. The molecule has 0 saturated carbocycles. The Bertz CT molecular complexity index is 839. The molecule has 29 heavy (non-hydrogen) atoms. The average Bonchev–Trinajstić information content (AvgIpc) is 3.13. The minimum Gasteiger partial charge on any atom is -0.374 e. The zero-order valence-electron chi connectivity index (χ0n) is 16.4. The minimum atomic E-state index is -3.24. The third-order valence-corrected chi connectivity index (χ3v) is 8.30. The largest absolute Gasteiger partial charge is 0.374 e. The Morgan fingerprint density at radius 1 is 1.38 bits per heavy atom. The van der Waals surface area contributed by atoms with Crippen LogP contribution in [-0.4, -0.2) is 76.9 Å². The van der Waals surface area contributed by atoms with E-state index in [1.54, 1.807) is 0 Å². The van der Waals surface area contributed by atoms with Crippen LogP contribution in [0.2, 0.25) is 0 Å². The molecule has 0 aromatic carbocycles. The molecule has 2 saturated heterocycles. The van der Waals surface area contributed by atoms with Gasteiger partial charge in [-0.1, -0.05) is 0 Å². The number of fused-ring (bicyclic) bond motifs is 2. The molecule has 1 spiro atoms. The van der Waals surface area contributed by atoms with Gasteiger partial charge in [0.1, 0.15) is 5.60 Å². The number of rotatable bonds is 4. The Labute approximate surface area is 181 Å². The summed E-state index contributed by atoms with van der Waals surface area (Å²) in [4.78, 5) is 14.6. The van der Waals surface area contributed by atoms with Crippen LogP contribution >= 0.6 is 23.7 Å². The van der Waals surface area contributed by atoms with E-state index in [9.17, 15) is 13.2 Å². The van der Waals surface area contributed by atoms with Crippen molar-refractivity contribution < 1.29 is 22.7 Å². The number of morpholine rings is 1. The van der Waals surface area contributed by atoms with Crippen LogP contribution < -0.4 is 10.6 Å². The topological polar surface area (TPSA) is 97.0 Å². The third-order valence-electron chi connectivity index (χ3n) is 5.67. The number of piperidine rings is 1. The lowest BCUT2D eigenvalue weighted by Crippen LogP contribution is -2.49. The van der Waals surface area contributed by atoms with Gasteiger partial charge in [0, 0.05) is 24.5 Å². The minimum absolute atomic E-state index is 0. The van der Waals surface area contributed by atoms with Gasteiger partial charge in [-0.3, -0.25) is 4.79 Å². The fourth-order valence-corrected chi connectivity index (χ4v) is 6.32. The Morgan fingerprint density at radius 3 is 2.86 bits per heavy atom. The van der Waals surface area contributed by atoms with E-state index in [2.05, 4.69) is 10.6 Å². The van der Waals surface area contributed by atoms with Gasteiger partial charge in [-0.25, -0.2) is 8.42 Å². The number of sulfonamides is 1. The van der Waals surface area contributed by atoms with E-state index in [0.717, 1.165) is 32.4 Å². The monoisotopic (exact) mass is 465 g/mol. The second-order valence-electron chi connectivity index (χ2n) is 7.63. The fourth-order valence-electron chi connectivity index (χ4n) is 4.15. The van der Waals surface area contributed by atoms with Gasteiger partial charge in [0.25, 0.3) is 5.91 Å². The Morgan fingerprint density at radius 2 is 2.14 bits per heavy atom. The van der Waals surface area contributed by atoms with Crippen LogP contribution in [0.25, 0.3) is 0 Å². The molecule has 3 aliphatic heterocycles. The number of hydrogen-bond acceptors (Lipinski definition) is 7. The molecule has 2 fully saturated rings. The van der Waals surface area contributed by atoms with Crippen molar-refractivity contribution in [1.82, 2.24) is 14.9 Å². The van der Waals surface area contributed by atoms with E-state index in [0.29, 0.717) is 31.2 Å². The summed E-state index contributed by atoms with van der Waals surface area (Å²) in [5.41, 5.74) is 0.977. The highest BCUT2D eigenvalue weighted by Gasteiger charge is 2.41. The van der Waals surface area contributed by atoms with Gasteiger partial charge in [-0.15, -0.1) is 23.7 Å². The summed E-state index contributed by atoms with van der Waals surface area (Å²) in [6, 6.07) is 1.99.